The van der Waals surface area contributed by atoms with E-state index in [1.807, 2.05) is 12.1 Å². The molecule has 28 heavy (non-hydrogen) atoms. The third-order valence-corrected chi connectivity index (χ3v) is 6.95. The van der Waals surface area contributed by atoms with Crippen molar-refractivity contribution in [3.05, 3.63) is 70.4 Å². The number of nitrogens with zero attached hydrogens (tertiary/aromatic N) is 3. The second kappa shape index (κ2) is 8.06. The summed E-state index contributed by atoms with van der Waals surface area (Å²) in [6.45, 7) is 0. The van der Waals surface area contributed by atoms with Gasteiger partial charge >= 0.3 is 0 Å². The second-order valence-corrected chi connectivity index (χ2v) is 8.97. The average molecular weight is 427 g/mol. The molecular formula is C19H11FN4OS3. The molecule has 0 fully saturated rings. The molecule has 0 atom stereocenters. The second-order valence-electron chi connectivity index (χ2n) is 5.69. The minimum atomic E-state index is -0.342. The molecule has 2 aromatic heterocycles. The normalized spacial score (nSPS) is 10.7. The van der Waals surface area contributed by atoms with Gasteiger partial charge in [0.2, 0.25) is 5.13 Å². The number of rotatable bonds is 5. The molecule has 0 aliphatic heterocycles. The SMILES string of the molecule is N#Cc1ccc(CSc2nnc(NC(=O)c3cc4c(F)cccc4s3)s2)cc1. The van der Waals surface area contributed by atoms with Crippen LogP contribution in [0.4, 0.5) is 9.52 Å². The Morgan fingerprint density at radius 1 is 1.18 bits per heavy atom. The van der Waals surface area contributed by atoms with Gasteiger partial charge in [-0.3, -0.25) is 10.1 Å². The molecule has 0 bridgehead atoms. The Hall–Kier alpha value is -2.80. The molecule has 4 aromatic rings. The standard InChI is InChI=1S/C19H11FN4OS3/c20-14-2-1-3-15-13(14)8-16(27-15)17(25)22-18-23-24-19(28-18)26-10-12-6-4-11(9-21)5-7-12/h1-8H,10H2,(H,22,23,25). The van der Waals surface area contributed by atoms with Crippen LogP contribution in [0.1, 0.15) is 20.8 Å². The van der Waals surface area contributed by atoms with Gasteiger partial charge in [0.15, 0.2) is 4.34 Å². The number of anilines is 1. The maximum absolute atomic E-state index is 13.8. The Labute approximate surface area is 171 Å². The van der Waals surface area contributed by atoms with E-state index in [-0.39, 0.29) is 11.7 Å². The molecule has 138 valence electrons. The highest BCUT2D eigenvalue weighted by atomic mass is 32.2. The topological polar surface area (TPSA) is 78.7 Å². The highest BCUT2D eigenvalue weighted by Crippen LogP contribution is 2.31. The maximum Gasteiger partial charge on any atom is 0.267 e. The number of amides is 1. The Morgan fingerprint density at radius 2 is 2.00 bits per heavy atom. The third-order valence-electron chi connectivity index (χ3n) is 3.80. The Kier molecular flexibility index (Phi) is 5.34. The molecule has 5 nitrogen and oxygen atoms in total. The molecular weight excluding hydrogens is 415 g/mol. The zero-order chi connectivity index (χ0) is 19.5. The van der Waals surface area contributed by atoms with E-state index < -0.39 is 0 Å². The zero-order valence-electron chi connectivity index (χ0n) is 14.2. The molecule has 0 saturated heterocycles. The van der Waals surface area contributed by atoms with Crippen LogP contribution in [0.2, 0.25) is 0 Å². The number of halogens is 1. The minimum Gasteiger partial charge on any atom is -0.296 e. The summed E-state index contributed by atoms with van der Waals surface area (Å²) >= 11 is 4.01. The number of thiophene rings is 1. The Balaban J connectivity index is 1.40. The first kappa shape index (κ1) is 18.6. The zero-order valence-corrected chi connectivity index (χ0v) is 16.6. The lowest BCUT2D eigenvalue weighted by Gasteiger charge is -1.98. The van der Waals surface area contributed by atoms with Gasteiger partial charge in [-0.2, -0.15) is 5.26 Å². The molecule has 1 amide bonds. The van der Waals surface area contributed by atoms with E-state index in [2.05, 4.69) is 21.6 Å². The quantitative estimate of drug-likeness (QED) is 0.346. The van der Waals surface area contributed by atoms with Crippen LogP contribution >= 0.6 is 34.4 Å². The Morgan fingerprint density at radius 3 is 2.75 bits per heavy atom. The van der Waals surface area contributed by atoms with Crippen LogP contribution in [0.5, 0.6) is 0 Å². The smallest absolute Gasteiger partial charge is 0.267 e. The highest BCUT2D eigenvalue weighted by Gasteiger charge is 2.15. The van der Waals surface area contributed by atoms with E-state index in [0.717, 1.165) is 14.6 Å². The van der Waals surface area contributed by atoms with Crippen molar-refractivity contribution >= 4 is 55.6 Å². The summed E-state index contributed by atoms with van der Waals surface area (Å²) in [4.78, 5) is 12.8. The molecule has 2 heterocycles. The van der Waals surface area contributed by atoms with E-state index in [1.165, 1.54) is 40.5 Å². The van der Waals surface area contributed by atoms with Crippen LogP contribution in [0.25, 0.3) is 10.1 Å². The van der Waals surface area contributed by atoms with Gasteiger partial charge < -0.3 is 0 Å². The molecule has 0 spiro atoms. The number of nitrogens with one attached hydrogen (secondary N) is 1. The van der Waals surface area contributed by atoms with Crippen LogP contribution in [-0.4, -0.2) is 16.1 Å². The lowest BCUT2D eigenvalue weighted by molar-refractivity contribution is 0.103. The molecule has 2 aromatic carbocycles. The van der Waals surface area contributed by atoms with E-state index in [0.29, 0.717) is 26.7 Å². The number of thioether (sulfide) groups is 1. The van der Waals surface area contributed by atoms with E-state index in [1.54, 1.807) is 30.3 Å². The highest BCUT2D eigenvalue weighted by molar-refractivity contribution is 8.00. The predicted molar refractivity (Wildman–Crippen MR) is 110 cm³/mol. The van der Waals surface area contributed by atoms with E-state index in [4.69, 9.17) is 5.26 Å². The number of fused-ring (bicyclic) bond motifs is 1. The summed E-state index contributed by atoms with van der Waals surface area (Å²) in [6.07, 6.45) is 0. The van der Waals surface area contributed by atoms with Crippen LogP contribution < -0.4 is 5.32 Å². The largest absolute Gasteiger partial charge is 0.296 e. The molecule has 0 unspecified atom stereocenters. The van der Waals surface area contributed by atoms with Crippen molar-refractivity contribution in [1.29, 1.82) is 5.26 Å². The molecule has 0 radical (unpaired) electrons. The number of aromatic nitrogens is 2. The van der Waals surface area contributed by atoms with Crippen LogP contribution in [0.15, 0.2) is 52.9 Å². The number of hydrogen-bond donors (Lipinski definition) is 1. The number of carbonyl (C=O) groups is 1. The molecule has 1 N–H and O–H groups in total. The van der Waals surface area contributed by atoms with Crippen molar-refractivity contribution in [3.8, 4) is 6.07 Å². The first-order valence-corrected chi connectivity index (χ1v) is 10.7. The maximum atomic E-state index is 13.8. The van der Waals surface area contributed by atoms with Crippen LogP contribution in [-0.2, 0) is 5.75 Å². The number of nitriles is 1. The number of carbonyl (C=O) groups excluding carboxylic acids is 1. The lowest BCUT2D eigenvalue weighted by Crippen LogP contribution is -2.09. The van der Waals surface area contributed by atoms with Gasteiger partial charge in [0.05, 0.1) is 16.5 Å². The molecule has 9 heteroatoms. The number of benzene rings is 2. The molecule has 0 aliphatic rings. The van der Waals surface area contributed by atoms with Gasteiger partial charge in [-0.05, 0) is 35.9 Å². The average Bonchev–Trinajstić information content (AvgIpc) is 3.34. The van der Waals surface area contributed by atoms with Crippen molar-refractivity contribution in [2.24, 2.45) is 0 Å². The van der Waals surface area contributed by atoms with Crippen molar-refractivity contribution in [2.45, 2.75) is 10.1 Å². The monoisotopic (exact) mass is 426 g/mol. The van der Waals surface area contributed by atoms with Crippen LogP contribution in [0.3, 0.4) is 0 Å². The van der Waals surface area contributed by atoms with Crippen molar-refractivity contribution in [3.63, 3.8) is 0 Å². The van der Waals surface area contributed by atoms with Crippen molar-refractivity contribution in [1.82, 2.24) is 10.2 Å². The fourth-order valence-electron chi connectivity index (χ4n) is 2.44. The first-order valence-electron chi connectivity index (χ1n) is 8.07. The molecule has 4 rings (SSSR count). The van der Waals surface area contributed by atoms with Gasteiger partial charge in [0.25, 0.3) is 5.91 Å². The van der Waals surface area contributed by atoms with Gasteiger partial charge in [0.1, 0.15) is 5.82 Å². The van der Waals surface area contributed by atoms with Gasteiger partial charge in [-0.25, -0.2) is 4.39 Å². The summed E-state index contributed by atoms with van der Waals surface area (Å²) in [5, 5.41) is 20.4. The van der Waals surface area contributed by atoms with Crippen LogP contribution in [0, 0.1) is 17.1 Å². The van der Waals surface area contributed by atoms with Crippen molar-refractivity contribution < 1.29 is 9.18 Å². The predicted octanol–water partition coefficient (Wildman–Crippen LogP) is 5.31. The fraction of sp³-hybridized carbons (Fsp3) is 0.0526. The van der Waals surface area contributed by atoms with Gasteiger partial charge in [0, 0.05) is 15.8 Å². The summed E-state index contributed by atoms with van der Waals surface area (Å²) in [6, 6.07) is 15.8. The van der Waals surface area contributed by atoms with Gasteiger partial charge in [-0.15, -0.1) is 21.5 Å². The lowest BCUT2D eigenvalue weighted by atomic mass is 10.2. The Bertz CT molecular complexity index is 1190. The van der Waals surface area contributed by atoms with Gasteiger partial charge in [-0.1, -0.05) is 41.3 Å². The number of hydrogen-bond acceptors (Lipinski definition) is 7. The fourth-order valence-corrected chi connectivity index (χ4v) is 5.11. The summed E-state index contributed by atoms with van der Waals surface area (Å²) in [7, 11) is 0. The molecule has 0 aliphatic carbocycles. The molecule has 0 saturated carbocycles. The summed E-state index contributed by atoms with van der Waals surface area (Å²) in [5.41, 5.74) is 1.69. The first-order chi connectivity index (χ1) is 13.6. The van der Waals surface area contributed by atoms with E-state index >= 15 is 0 Å². The third kappa shape index (κ3) is 4.04. The van der Waals surface area contributed by atoms with E-state index in [9.17, 15) is 9.18 Å². The summed E-state index contributed by atoms with van der Waals surface area (Å²) < 4.78 is 15.2. The van der Waals surface area contributed by atoms with Crippen molar-refractivity contribution in [2.75, 3.05) is 5.32 Å². The minimum absolute atomic E-state index is 0.333. The summed E-state index contributed by atoms with van der Waals surface area (Å²) in [5.74, 6) is 0.00903.